The Morgan fingerprint density at radius 3 is 2.24 bits per heavy atom. The van der Waals surface area contributed by atoms with E-state index in [0.29, 0.717) is 49.1 Å². The van der Waals surface area contributed by atoms with Gasteiger partial charge in [-0.15, -0.1) is 0 Å². The monoisotopic (exact) mass is 463 g/mol. The quantitative estimate of drug-likeness (QED) is 0.135. The summed E-state index contributed by atoms with van der Waals surface area (Å²) < 4.78 is 5.80. The maximum atomic E-state index is 12.7. The van der Waals surface area contributed by atoms with Crippen LogP contribution in [0.4, 0.5) is 5.69 Å². The molecule has 180 valence electrons. The SMILES string of the molecule is NN/C(C(=O)NC1CC1)=C(/CCCOCc1ccccc1)Nc1ccc(C(=O)NC2CC2)cc1. The summed E-state index contributed by atoms with van der Waals surface area (Å²) >= 11 is 0. The van der Waals surface area contributed by atoms with Crippen LogP contribution < -0.4 is 27.2 Å². The Morgan fingerprint density at radius 1 is 0.912 bits per heavy atom. The molecule has 4 rings (SSSR count). The fourth-order valence-electron chi connectivity index (χ4n) is 3.52. The van der Waals surface area contributed by atoms with Crippen LogP contribution in [0.3, 0.4) is 0 Å². The van der Waals surface area contributed by atoms with E-state index >= 15 is 0 Å². The lowest BCUT2D eigenvalue weighted by Gasteiger charge is -2.17. The van der Waals surface area contributed by atoms with Crippen molar-refractivity contribution in [2.24, 2.45) is 5.84 Å². The van der Waals surface area contributed by atoms with Crippen molar-refractivity contribution in [3.8, 4) is 0 Å². The predicted molar refractivity (Wildman–Crippen MR) is 131 cm³/mol. The summed E-state index contributed by atoms with van der Waals surface area (Å²) in [5.41, 5.74) is 6.08. The molecule has 0 aliphatic heterocycles. The topological polar surface area (TPSA) is 118 Å². The Labute approximate surface area is 200 Å². The van der Waals surface area contributed by atoms with Crippen LogP contribution in [0.5, 0.6) is 0 Å². The number of nitrogens with two attached hydrogens (primary N) is 1. The minimum absolute atomic E-state index is 0.0616. The van der Waals surface area contributed by atoms with Crippen LogP contribution in [-0.4, -0.2) is 30.5 Å². The zero-order valence-electron chi connectivity index (χ0n) is 19.3. The smallest absolute Gasteiger partial charge is 0.270 e. The van der Waals surface area contributed by atoms with Crippen molar-refractivity contribution in [2.75, 3.05) is 11.9 Å². The number of anilines is 1. The van der Waals surface area contributed by atoms with Gasteiger partial charge < -0.3 is 26.1 Å². The van der Waals surface area contributed by atoms with Gasteiger partial charge >= 0.3 is 0 Å². The first-order valence-electron chi connectivity index (χ1n) is 11.9. The number of carbonyl (C=O) groups excluding carboxylic acids is 2. The molecule has 0 heterocycles. The maximum absolute atomic E-state index is 12.7. The molecule has 8 nitrogen and oxygen atoms in total. The highest BCUT2D eigenvalue weighted by atomic mass is 16.5. The lowest BCUT2D eigenvalue weighted by atomic mass is 10.1. The summed E-state index contributed by atoms with van der Waals surface area (Å²) in [6, 6.07) is 17.8. The number of hydrogen-bond acceptors (Lipinski definition) is 6. The van der Waals surface area contributed by atoms with Gasteiger partial charge in [0.2, 0.25) is 0 Å². The first-order chi connectivity index (χ1) is 16.6. The molecule has 2 saturated carbocycles. The van der Waals surface area contributed by atoms with Gasteiger partial charge in [0.25, 0.3) is 11.8 Å². The molecule has 2 aromatic rings. The Balaban J connectivity index is 1.38. The normalized spacial score (nSPS) is 15.8. The summed E-state index contributed by atoms with van der Waals surface area (Å²) in [5, 5.41) is 9.29. The molecule has 0 radical (unpaired) electrons. The second-order valence-corrected chi connectivity index (χ2v) is 8.84. The van der Waals surface area contributed by atoms with Crippen molar-refractivity contribution in [1.82, 2.24) is 16.1 Å². The van der Waals surface area contributed by atoms with Crippen LogP contribution in [0.1, 0.15) is 54.4 Å². The van der Waals surface area contributed by atoms with Gasteiger partial charge in [-0.1, -0.05) is 30.3 Å². The zero-order chi connectivity index (χ0) is 23.8. The van der Waals surface area contributed by atoms with Gasteiger partial charge in [0.15, 0.2) is 0 Å². The first-order valence-corrected chi connectivity index (χ1v) is 11.9. The molecule has 8 heteroatoms. The van der Waals surface area contributed by atoms with Crippen LogP contribution >= 0.6 is 0 Å². The summed E-state index contributed by atoms with van der Waals surface area (Å²) in [7, 11) is 0. The van der Waals surface area contributed by atoms with Gasteiger partial charge in [-0.3, -0.25) is 15.4 Å². The molecule has 0 saturated heterocycles. The fourth-order valence-corrected chi connectivity index (χ4v) is 3.52. The number of ether oxygens (including phenoxy) is 1. The molecule has 0 unspecified atom stereocenters. The number of allylic oxidation sites excluding steroid dienone is 1. The highest BCUT2D eigenvalue weighted by molar-refractivity contribution is 5.95. The molecule has 0 aromatic heterocycles. The molecule has 6 N–H and O–H groups in total. The molecule has 0 bridgehead atoms. The van der Waals surface area contributed by atoms with E-state index in [1.165, 1.54) is 0 Å². The largest absolute Gasteiger partial charge is 0.377 e. The Bertz CT molecular complexity index is 999. The van der Waals surface area contributed by atoms with Crippen LogP contribution in [0.25, 0.3) is 0 Å². The van der Waals surface area contributed by atoms with E-state index in [2.05, 4.69) is 21.4 Å². The molecule has 0 atom stereocenters. The third-order valence-corrected chi connectivity index (χ3v) is 5.77. The van der Waals surface area contributed by atoms with Gasteiger partial charge in [-0.05, 0) is 68.4 Å². The van der Waals surface area contributed by atoms with Gasteiger partial charge in [-0.2, -0.15) is 0 Å². The lowest BCUT2D eigenvalue weighted by molar-refractivity contribution is -0.118. The molecule has 2 aliphatic rings. The average Bonchev–Trinajstić information content (AvgIpc) is 3.78. The second-order valence-electron chi connectivity index (χ2n) is 8.84. The van der Waals surface area contributed by atoms with Crippen LogP contribution in [0.15, 0.2) is 66.0 Å². The van der Waals surface area contributed by atoms with Crippen molar-refractivity contribution in [1.29, 1.82) is 0 Å². The molecule has 2 fully saturated rings. The molecular formula is C26H33N5O3. The summed E-state index contributed by atoms with van der Waals surface area (Å²) in [5.74, 6) is 5.47. The minimum Gasteiger partial charge on any atom is -0.377 e. The Hall–Kier alpha value is -3.36. The molecule has 34 heavy (non-hydrogen) atoms. The summed E-state index contributed by atoms with van der Waals surface area (Å²) in [6.07, 6.45) is 5.35. The van der Waals surface area contributed by atoms with E-state index in [0.717, 1.165) is 36.9 Å². The van der Waals surface area contributed by atoms with Gasteiger partial charge in [-0.25, -0.2) is 0 Å². The number of rotatable bonds is 13. The maximum Gasteiger partial charge on any atom is 0.270 e. The number of benzene rings is 2. The van der Waals surface area contributed by atoms with Crippen molar-refractivity contribution in [3.63, 3.8) is 0 Å². The molecular weight excluding hydrogens is 430 g/mol. The Kier molecular flexibility index (Phi) is 8.17. The van der Waals surface area contributed by atoms with Crippen molar-refractivity contribution in [3.05, 3.63) is 77.1 Å². The molecule has 0 spiro atoms. The van der Waals surface area contributed by atoms with Gasteiger partial charge in [0.05, 0.1) is 6.61 Å². The number of nitrogens with one attached hydrogen (secondary N) is 4. The average molecular weight is 464 g/mol. The Morgan fingerprint density at radius 2 is 1.59 bits per heavy atom. The molecule has 2 aliphatic carbocycles. The molecule has 2 aromatic carbocycles. The van der Waals surface area contributed by atoms with Crippen molar-refractivity contribution < 1.29 is 14.3 Å². The fraction of sp³-hybridized carbons (Fsp3) is 0.385. The highest BCUT2D eigenvalue weighted by Gasteiger charge is 2.26. The summed E-state index contributed by atoms with van der Waals surface area (Å²) in [4.78, 5) is 25.0. The number of amides is 2. The van der Waals surface area contributed by atoms with Gasteiger partial charge in [0, 0.05) is 35.6 Å². The third kappa shape index (κ3) is 7.33. The van der Waals surface area contributed by atoms with E-state index in [1.807, 2.05) is 42.5 Å². The van der Waals surface area contributed by atoms with Gasteiger partial charge in [0.1, 0.15) is 5.70 Å². The molecule has 2 amide bonds. The van der Waals surface area contributed by atoms with E-state index < -0.39 is 0 Å². The van der Waals surface area contributed by atoms with Crippen LogP contribution in [0.2, 0.25) is 0 Å². The van der Waals surface area contributed by atoms with E-state index in [4.69, 9.17) is 10.6 Å². The number of hydrazine groups is 1. The summed E-state index contributed by atoms with van der Waals surface area (Å²) in [6.45, 7) is 1.09. The van der Waals surface area contributed by atoms with Crippen LogP contribution in [-0.2, 0) is 16.1 Å². The first kappa shape index (κ1) is 23.8. The van der Waals surface area contributed by atoms with E-state index in [9.17, 15) is 9.59 Å². The zero-order valence-corrected chi connectivity index (χ0v) is 19.3. The highest BCUT2D eigenvalue weighted by Crippen LogP contribution is 2.22. The standard InChI is InChI=1S/C26H33N5O3/c27-31-24(26(33)30-22-14-15-22)23(7-4-16-34-17-18-5-2-1-3-6-18)28-20-10-8-19(9-11-20)25(32)29-21-12-13-21/h1-3,5-6,8-11,21-22,28,31H,4,7,12-17,27H2,(H,29,32)(H,30,33)/b24-23-. The second kappa shape index (κ2) is 11.7. The van der Waals surface area contributed by atoms with Crippen molar-refractivity contribution >= 4 is 17.5 Å². The lowest BCUT2D eigenvalue weighted by Crippen LogP contribution is -2.38. The van der Waals surface area contributed by atoms with Crippen LogP contribution in [0, 0.1) is 0 Å². The van der Waals surface area contributed by atoms with E-state index in [-0.39, 0.29) is 17.9 Å². The van der Waals surface area contributed by atoms with Crippen molar-refractivity contribution in [2.45, 2.75) is 57.2 Å². The third-order valence-electron chi connectivity index (χ3n) is 5.77. The van der Waals surface area contributed by atoms with E-state index in [1.54, 1.807) is 12.1 Å². The predicted octanol–water partition coefficient (Wildman–Crippen LogP) is 2.94. The minimum atomic E-state index is -0.224. The number of hydrogen-bond donors (Lipinski definition) is 5. The number of carbonyl (C=O) groups is 2.